The molecule has 1 aromatic heterocycles. The summed E-state index contributed by atoms with van der Waals surface area (Å²) in [4.78, 5) is 18.1. The van der Waals surface area contributed by atoms with Crippen LogP contribution in [0.15, 0.2) is 60.7 Å². The Kier molecular flexibility index (Phi) is 5.71. The van der Waals surface area contributed by atoms with Crippen LogP contribution >= 0.6 is 0 Å². The number of pyridine rings is 1. The molecule has 0 radical (unpaired) electrons. The van der Waals surface area contributed by atoms with E-state index >= 15 is 0 Å². The highest BCUT2D eigenvalue weighted by Gasteiger charge is 2.15. The molecule has 0 aliphatic carbocycles. The summed E-state index contributed by atoms with van der Waals surface area (Å²) in [5, 5.41) is 6.58. The zero-order chi connectivity index (χ0) is 19.2. The summed E-state index contributed by atoms with van der Waals surface area (Å²) in [7, 11) is 0. The fourth-order valence-corrected chi connectivity index (χ4v) is 2.75. The van der Waals surface area contributed by atoms with Gasteiger partial charge in [0, 0.05) is 12.2 Å². The number of hydrogen-bond acceptors (Lipinski definition) is 4. The summed E-state index contributed by atoms with van der Waals surface area (Å²) in [6.07, 6.45) is 0.795. The van der Waals surface area contributed by atoms with Crippen molar-refractivity contribution in [3.05, 3.63) is 71.8 Å². The molecule has 0 bridgehead atoms. The molecule has 27 heavy (non-hydrogen) atoms. The van der Waals surface area contributed by atoms with Crippen LogP contribution in [0.3, 0.4) is 0 Å². The Morgan fingerprint density at radius 3 is 2.15 bits per heavy atom. The van der Waals surface area contributed by atoms with Crippen molar-refractivity contribution in [3.63, 3.8) is 0 Å². The van der Waals surface area contributed by atoms with Gasteiger partial charge >= 0.3 is 0 Å². The van der Waals surface area contributed by atoms with Crippen LogP contribution in [-0.4, -0.2) is 17.9 Å². The van der Waals surface area contributed by atoms with E-state index in [0.717, 1.165) is 35.6 Å². The minimum atomic E-state index is 0.563. The molecular weight excluding hydrogens is 336 g/mol. The molecular formula is C22H24N4O. The lowest BCUT2D eigenvalue weighted by Crippen LogP contribution is -2.18. The van der Waals surface area contributed by atoms with Crippen LogP contribution in [-0.2, 0) is 4.79 Å². The summed E-state index contributed by atoms with van der Waals surface area (Å²) >= 11 is 0. The lowest BCUT2D eigenvalue weighted by molar-refractivity contribution is -0.106. The Labute approximate surface area is 160 Å². The molecule has 0 aliphatic heterocycles. The molecule has 3 aromatic rings. The summed E-state index contributed by atoms with van der Waals surface area (Å²) < 4.78 is 0. The Morgan fingerprint density at radius 2 is 1.56 bits per heavy atom. The molecule has 138 valence electrons. The number of rotatable bonds is 7. The first-order valence-corrected chi connectivity index (χ1v) is 9.00. The van der Waals surface area contributed by atoms with Crippen LogP contribution in [0.2, 0.25) is 0 Å². The van der Waals surface area contributed by atoms with Gasteiger partial charge in [-0.3, -0.25) is 9.69 Å². The molecule has 0 atom stereocenters. The average Bonchev–Trinajstić information content (AvgIpc) is 2.68. The quantitative estimate of drug-likeness (QED) is 0.571. The fraction of sp³-hybridized carbons (Fsp3) is 0.182. The smallest absolute Gasteiger partial charge is 0.219 e. The second-order valence-corrected chi connectivity index (χ2v) is 6.40. The monoisotopic (exact) mass is 360 g/mol. The Bertz CT molecular complexity index is 905. The summed E-state index contributed by atoms with van der Waals surface area (Å²) in [5.74, 6) is 1.24. The van der Waals surface area contributed by atoms with Crippen LogP contribution in [0.5, 0.6) is 0 Å². The first-order chi connectivity index (χ1) is 13.1. The highest BCUT2D eigenvalue weighted by Crippen LogP contribution is 2.31. The molecule has 0 saturated carbocycles. The van der Waals surface area contributed by atoms with Gasteiger partial charge in [0.2, 0.25) is 6.41 Å². The lowest BCUT2D eigenvalue weighted by Gasteiger charge is -2.21. The average molecular weight is 360 g/mol. The van der Waals surface area contributed by atoms with Gasteiger partial charge in [0.25, 0.3) is 0 Å². The summed E-state index contributed by atoms with van der Waals surface area (Å²) in [6, 6.07) is 19.7. The van der Waals surface area contributed by atoms with Crippen molar-refractivity contribution >= 4 is 35.1 Å². The van der Waals surface area contributed by atoms with Crippen molar-refractivity contribution in [2.24, 2.45) is 0 Å². The molecule has 0 saturated heterocycles. The number of carbonyl (C=O) groups excluding carboxylic acids is 1. The predicted octanol–water partition coefficient (Wildman–Crippen LogP) is 5.17. The van der Waals surface area contributed by atoms with Crippen molar-refractivity contribution in [2.45, 2.75) is 20.8 Å². The molecule has 1 amide bonds. The second kappa shape index (κ2) is 8.36. The number of anilines is 5. The Morgan fingerprint density at radius 1 is 0.926 bits per heavy atom. The summed E-state index contributed by atoms with van der Waals surface area (Å²) in [5.41, 5.74) is 4.86. The van der Waals surface area contributed by atoms with Crippen molar-refractivity contribution in [3.8, 4) is 0 Å². The third kappa shape index (κ3) is 4.44. The van der Waals surface area contributed by atoms with Gasteiger partial charge in [-0.15, -0.1) is 0 Å². The van der Waals surface area contributed by atoms with E-state index in [-0.39, 0.29) is 0 Å². The SMILES string of the molecule is CCNc1ccc(Nc2ccc(C)cc2)nc1N(C=O)c1ccc(C)cc1. The molecule has 0 aliphatic rings. The van der Waals surface area contributed by atoms with E-state index in [1.165, 1.54) is 5.56 Å². The topological polar surface area (TPSA) is 57.3 Å². The van der Waals surface area contributed by atoms with Crippen molar-refractivity contribution in [1.82, 2.24) is 4.98 Å². The molecule has 0 spiro atoms. The zero-order valence-electron chi connectivity index (χ0n) is 15.9. The van der Waals surface area contributed by atoms with Crippen LogP contribution in [0, 0.1) is 13.8 Å². The first-order valence-electron chi connectivity index (χ1n) is 9.00. The van der Waals surface area contributed by atoms with Gasteiger partial charge in [0.15, 0.2) is 5.82 Å². The van der Waals surface area contributed by atoms with Crippen LogP contribution < -0.4 is 15.5 Å². The van der Waals surface area contributed by atoms with Gasteiger partial charge in [0.1, 0.15) is 5.82 Å². The number of amides is 1. The number of benzene rings is 2. The first kappa shape index (κ1) is 18.5. The van der Waals surface area contributed by atoms with Crippen LogP contribution in [0.4, 0.5) is 28.7 Å². The molecule has 3 rings (SSSR count). The molecule has 2 N–H and O–H groups in total. The van der Waals surface area contributed by atoms with E-state index in [1.807, 2.05) is 74.5 Å². The maximum Gasteiger partial charge on any atom is 0.219 e. The summed E-state index contributed by atoms with van der Waals surface area (Å²) in [6.45, 7) is 6.82. The maximum absolute atomic E-state index is 11.9. The number of aryl methyl sites for hydroxylation is 2. The lowest BCUT2D eigenvalue weighted by atomic mass is 10.2. The van der Waals surface area contributed by atoms with E-state index in [4.69, 9.17) is 4.98 Å². The number of nitrogens with one attached hydrogen (secondary N) is 2. The number of aromatic nitrogens is 1. The number of nitrogens with zero attached hydrogens (tertiary/aromatic N) is 2. The van der Waals surface area contributed by atoms with Crippen LogP contribution in [0.1, 0.15) is 18.1 Å². The minimum Gasteiger partial charge on any atom is -0.382 e. The van der Waals surface area contributed by atoms with Gasteiger partial charge in [-0.2, -0.15) is 0 Å². The molecule has 0 unspecified atom stereocenters. The molecule has 5 nitrogen and oxygen atoms in total. The maximum atomic E-state index is 11.9. The highest BCUT2D eigenvalue weighted by molar-refractivity contribution is 5.90. The number of hydrogen-bond donors (Lipinski definition) is 2. The van der Waals surface area contributed by atoms with E-state index in [0.29, 0.717) is 11.6 Å². The van der Waals surface area contributed by atoms with Gasteiger partial charge in [0.05, 0.1) is 11.4 Å². The van der Waals surface area contributed by atoms with Gasteiger partial charge < -0.3 is 10.6 Å². The molecule has 5 heteroatoms. The molecule has 1 heterocycles. The van der Waals surface area contributed by atoms with E-state index in [9.17, 15) is 4.79 Å². The van der Waals surface area contributed by atoms with E-state index in [1.54, 1.807) is 4.90 Å². The number of carbonyl (C=O) groups is 1. The fourth-order valence-electron chi connectivity index (χ4n) is 2.75. The van der Waals surface area contributed by atoms with Gasteiger partial charge in [-0.05, 0) is 57.2 Å². The van der Waals surface area contributed by atoms with Crippen molar-refractivity contribution in [1.29, 1.82) is 0 Å². The standard InChI is InChI=1S/C22H24N4O/c1-4-23-20-13-14-21(24-18-9-5-16(2)6-10-18)25-22(20)26(15-27)19-11-7-17(3)8-12-19/h5-15,23H,4H2,1-3H3,(H,24,25). The van der Waals surface area contributed by atoms with Gasteiger partial charge in [-0.25, -0.2) is 4.98 Å². The third-order valence-electron chi connectivity index (χ3n) is 4.21. The van der Waals surface area contributed by atoms with E-state index in [2.05, 4.69) is 17.6 Å². The third-order valence-corrected chi connectivity index (χ3v) is 4.21. The minimum absolute atomic E-state index is 0.563. The largest absolute Gasteiger partial charge is 0.382 e. The van der Waals surface area contributed by atoms with E-state index < -0.39 is 0 Å². The molecule has 0 fully saturated rings. The van der Waals surface area contributed by atoms with Gasteiger partial charge in [-0.1, -0.05) is 35.4 Å². The van der Waals surface area contributed by atoms with Crippen molar-refractivity contribution in [2.75, 3.05) is 22.1 Å². The predicted molar refractivity (Wildman–Crippen MR) is 112 cm³/mol. The zero-order valence-corrected chi connectivity index (χ0v) is 15.9. The van der Waals surface area contributed by atoms with Crippen LogP contribution in [0.25, 0.3) is 0 Å². The normalized spacial score (nSPS) is 10.3. The Balaban J connectivity index is 1.98. The second-order valence-electron chi connectivity index (χ2n) is 6.40. The molecule has 2 aromatic carbocycles. The highest BCUT2D eigenvalue weighted by atomic mass is 16.1. The Hall–Kier alpha value is -3.34. The van der Waals surface area contributed by atoms with Crippen molar-refractivity contribution < 1.29 is 4.79 Å².